The number of ether oxygens (including phenoxy) is 4. The van der Waals surface area contributed by atoms with Gasteiger partial charge in [0.05, 0.1) is 34.1 Å². The summed E-state index contributed by atoms with van der Waals surface area (Å²) in [6.07, 6.45) is 0. The van der Waals surface area contributed by atoms with Gasteiger partial charge in [0.15, 0.2) is 23.0 Å². The van der Waals surface area contributed by atoms with Crippen LogP contribution in [0, 0.1) is 0 Å². The lowest BCUT2D eigenvalue weighted by molar-refractivity contribution is -0.119. The van der Waals surface area contributed by atoms with Gasteiger partial charge < -0.3 is 23.1 Å². The molecule has 2 aromatic carbocycles. The molecule has 2 aromatic rings. The van der Waals surface area contributed by atoms with Crippen molar-refractivity contribution >= 4 is 28.1 Å². The number of anilines is 1. The van der Waals surface area contributed by atoms with Crippen LogP contribution in [0.2, 0.25) is 0 Å². The van der Waals surface area contributed by atoms with Crippen molar-refractivity contribution in [2.75, 3.05) is 33.3 Å². The zero-order valence-corrected chi connectivity index (χ0v) is 18.2. The largest absolute Gasteiger partial charge is 0.493 e. The third-order valence-electron chi connectivity index (χ3n) is 4.57. The van der Waals surface area contributed by atoms with E-state index in [1.807, 2.05) is 0 Å². The van der Waals surface area contributed by atoms with Gasteiger partial charge in [0.25, 0.3) is 5.91 Å². The summed E-state index contributed by atoms with van der Waals surface area (Å²) in [6.45, 7) is 0. The molecule has 172 valence electrons. The first-order valence-electron chi connectivity index (χ1n) is 8.89. The van der Waals surface area contributed by atoms with Crippen LogP contribution in [-0.4, -0.2) is 48.8 Å². The number of nitrogens with one attached hydrogen (secondary N) is 1. The molecule has 3 amide bonds. The summed E-state index contributed by atoms with van der Waals surface area (Å²) >= 11 is 0. The van der Waals surface area contributed by atoms with E-state index >= 15 is 0 Å². The first-order valence-corrected chi connectivity index (χ1v) is 10.2. The molecule has 11 nitrogen and oxygen atoms in total. The normalized spacial score (nSPS) is 15.9. The molecule has 0 aliphatic carbocycles. The third-order valence-corrected chi connectivity index (χ3v) is 4.95. The van der Waals surface area contributed by atoms with Gasteiger partial charge in [0.1, 0.15) is 6.04 Å². The fraction of sp³-hybridized carbons (Fsp3) is 0.263. The van der Waals surface area contributed by atoms with E-state index < -0.39 is 34.2 Å². The van der Waals surface area contributed by atoms with Crippen molar-refractivity contribution in [3.8, 4) is 28.7 Å². The summed E-state index contributed by atoms with van der Waals surface area (Å²) in [5, 5.41) is 2.18. The number of carbonyl (C=O) groups is 2. The van der Waals surface area contributed by atoms with E-state index in [0.29, 0.717) is 5.56 Å². The predicted octanol–water partition coefficient (Wildman–Crippen LogP) is 2.11. The van der Waals surface area contributed by atoms with Gasteiger partial charge in [-0.2, -0.15) is 8.42 Å². The van der Waals surface area contributed by atoms with Gasteiger partial charge in [-0.05, 0) is 29.8 Å². The molecule has 3 rings (SSSR count). The highest BCUT2D eigenvalue weighted by Gasteiger charge is 2.42. The number of amides is 3. The minimum Gasteiger partial charge on any atom is -0.493 e. The van der Waals surface area contributed by atoms with Crippen LogP contribution >= 0.6 is 0 Å². The number of carbonyl (C=O) groups excluding carboxylic acids is 2. The van der Waals surface area contributed by atoms with Crippen LogP contribution in [0.3, 0.4) is 0 Å². The van der Waals surface area contributed by atoms with Crippen LogP contribution in [-0.2, 0) is 15.3 Å². The Balaban J connectivity index is 2.14. The molecular weight excluding hydrogens is 451 g/mol. The van der Waals surface area contributed by atoms with Crippen LogP contribution in [0.4, 0.5) is 14.4 Å². The first kappa shape index (κ1) is 22.9. The van der Waals surface area contributed by atoms with E-state index in [0.717, 1.165) is 11.0 Å². The third kappa shape index (κ3) is 4.32. The molecule has 0 radical (unpaired) electrons. The van der Waals surface area contributed by atoms with Crippen LogP contribution in [0.5, 0.6) is 28.7 Å². The van der Waals surface area contributed by atoms with Gasteiger partial charge >= 0.3 is 16.5 Å². The fourth-order valence-electron chi connectivity index (χ4n) is 3.28. The Kier molecular flexibility index (Phi) is 6.30. The Morgan fingerprint density at radius 1 is 0.875 bits per heavy atom. The maximum atomic E-state index is 13.1. The molecule has 32 heavy (non-hydrogen) atoms. The molecule has 0 spiro atoms. The lowest BCUT2D eigenvalue weighted by Gasteiger charge is -2.24. The average Bonchev–Trinajstić information content (AvgIpc) is 3.04. The maximum Gasteiger partial charge on any atom is 0.488 e. The molecule has 1 fully saturated rings. The lowest BCUT2D eigenvalue weighted by atomic mass is 10.0. The molecule has 0 bridgehead atoms. The number of benzene rings is 2. The van der Waals surface area contributed by atoms with Gasteiger partial charge in [-0.3, -0.25) is 15.0 Å². The molecule has 1 aliphatic heterocycles. The summed E-state index contributed by atoms with van der Waals surface area (Å²) in [6, 6.07) is 4.68. The van der Waals surface area contributed by atoms with E-state index in [1.54, 1.807) is 0 Å². The topological polar surface area (TPSA) is 130 Å². The second-order valence-corrected chi connectivity index (χ2v) is 7.29. The van der Waals surface area contributed by atoms with Crippen LogP contribution in [0.25, 0.3) is 0 Å². The predicted molar refractivity (Wildman–Crippen MR) is 109 cm³/mol. The summed E-state index contributed by atoms with van der Waals surface area (Å²) in [7, 11) is 0.0378. The molecule has 0 aromatic heterocycles. The van der Waals surface area contributed by atoms with Gasteiger partial charge in [-0.15, -0.1) is 0 Å². The number of methoxy groups -OCH3 is 4. The Labute approximate surface area is 183 Å². The minimum atomic E-state index is -5.38. The van der Waals surface area contributed by atoms with Crippen molar-refractivity contribution < 1.29 is 45.0 Å². The maximum absolute atomic E-state index is 13.1. The number of hydrogen-bond acceptors (Lipinski definition) is 9. The Bertz CT molecular complexity index is 1140. The zero-order valence-electron chi connectivity index (χ0n) is 17.4. The molecule has 13 heteroatoms. The molecule has 1 saturated heterocycles. The van der Waals surface area contributed by atoms with Crippen LogP contribution < -0.4 is 33.3 Å². The van der Waals surface area contributed by atoms with Crippen molar-refractivity contribution in [1.29, 1.82) is 0 Å². The number of halogens is 1. The van der Waals surface area contributed by atoms with Gasteiger partial charge in [0.2, 0.25) is 5.75 Å². The van der Waals surface area contributed by atoms with Gasteiger partial charge in [-0.1, -0.05) is 3.89 Å². The standard InChI is InChI=1S/C19H19FN2O9S/c1-27-12-6-5-11(9-13(12)31-32(20,25)26)22-16(18(23)21-19(22)24)10-7-14(28-2)17(30-4)15(8-10)29-3/h5-9,16H,1-4H3,(H,21,23,24). The molecule has 0 saturated carbocycles. The average molecular weight is 470 g/mol. The van der Waals surface area contributed by atoms with E-state index in [4.69, 9.17) is 18.9 Å². The molecular formula is C19H19FN2O9S. The molecule has 1 N–H and O–H groups in total. The van der Waals surface area contributed by atoms with Gasteiger partial charge in [0, 0.05) is 6.07 Å². The fourth-order valence-corrected chi connectivity index (χ4v) is 3.63. The number of rotatable bonds is 8. The SMILES string of the molecule is COc1ccc(N2C(=O)NC(=O)C2c2cc(OC)c(OC)c(OC)c2)cc1OS(=O)(=O)F. The molecule has 1 heterocycles. The van der Waals surface area contributed by atoms with Crippen LogP contribution in [0.15, 0.2) is 30.3 Å². The summed E-state index contributed by atoms with van der Waals surface area (Å²) in [5.41, 5.74) is 0.339. The van der Waals surface area contributed by atoms with E-state index in [-0.39, 0.29) is 28.7 Å². The number of urea groups is 1. The highest BCUT2D eigenvalue weighted by molar-refractivity contribution is 7.81. The summed E-state index contributed by atoms with van der Waals surface area (Å²) in [5.74, 6) is -0.509. The van der Waals surface area contributed by atoms with Crippen molar-refractivity contribution in [3.05, 3.63) is 35.9 Å². The highest BCUT2D eigenvalue weighted by atomic mass is 32.3. The number of hydrogen-bond donors (Lipinski definition) is 1. The monoisotopic (exact) mass is 470 g/mol. The number of nitrogens with zero attached hydrogens (tertiary/aromatic N) is 1. The smallest absolute Gasteiger partial charge is 0.488 e. The van der Waals surface area contributed by atoms with E-state index in [1.165, 1.54) is 52.7 Å². The quantitative estimate of drug-likeness (QED) is 0.455. The Morgan fingerprint density at radius 2 is 1.47 bits per heavy atom. The van der Waals surface area contributed by atoms with Crippen molar-refractivity contribution in [1.82, 2.24) is 5.32 Å². The summed E-state index contributed by atoms with van der Waals surface area (Å²) < 4.78 is 60.2. The first-order chi connectivity index (χ1) is 15.1. The second kappa shape index (κ2) is 8.78. The lowest BCUT2D eigenvalue weighted by Crippen LogP contribution is -2.29. The van der Waals surface area contributed by atoms with E-state index in [9.17, 15) is 21.9 Å². The minimum absolute atomic E-state index is 0.0338. The Hall–Kier alpha value is -3.74. The highest BCUT2D eigenvalue weighted by Crippen LogP contribution is 2.43. The number of imide groups is 1. The van der Waals surface area contributed by atoms with Crippen molar-refractivity contribution in [3.63, 3.8) is 0 Å². The Morgan fingerprint density at radius 3 is 1.97 bits per heavy atom. The molecule has 1 unspecified atom stereocenters. The van der Waals surface area contributed by atoms with Crippen molar-refractivity contribution in [2.45, 2.75) is 6.04 Å². The van der Waals surface area contributed by atoms with Crippen molar-refractivity contribution in [2.24, 2.45) is 0 Å². The van der Waals surface area contributed by atoms with Crippen LogP contribution in [0.1, 0.15) is 11.6 Å². The molecule has 1 atom stereocenters. The molecule has 1 aliphatic rings. The second-order valence-electron chi connectivity index (χ2n) is 6.34. The summed E-state index contributed by atoms with van der Waals surface area (Å²) in [4.78, 5) is 26.3. The van der Waals surface area contributed by atoms with E-state index in [2.05, 4.69) is 9.50 Å². The van der Waals surface area contributed by atoms with Gasteiger partial charge in [-0.25, -0.2) is 4.79 Å². The zero-order chi connectivity index (χ0) is 23.6.